The number of carboxylic acid groups (broad SMARTS) is 1. The van der Waals surface area contributed by atoms with E-state index < -0.39 is 17.4 Å². The summed E-state index contributed by atoms with van der Waals surface area (Å²) in [4.78, 5) is 24.8. The summed E-state index contributed by atoms with van der Waals surface area (Å²) in [6, 6.07) is 0.893. The molecule has 0 aliphatic heterocycles. The van der Waals surface area contributed by atoms with Crippen LogP contribution in [0.25, 0.3) is 0 Å². The van der Waals surface area contributed by atoms with E-state index in [0.29, 0.717) is 4.88 Å². The Hall–Kier alpha value is -1.36. The molecule has 0 fully saturated rings. The van der Waals surface area contributed by atoms with Crippen molar-refractivity contribution in [2.45, 2.75) is 40.7 Å². The van der Waals surface area contributed by atoms with Crippen LogP contribution in [0, 0.1) is 19.3 Å². The van der Waals surface area contributed by atoms with Gasteiger partial charge in [0.25, 0.3) is 5.91 Å². The molecule has 0 spiro atoms. The normalized spacial score (nSPS) is 13.2. The molecule has 0 bridgehead atoms. The molecule has 1 atom stereocenters. The van der Waals surface area contributed by atoms with Crippen molar-refractivity contribution in [2.75, 3.05) is 0 Å². The van der Waals surface area contributed by atoms with E-state index in [-0.39, 0.29) is 5.91 Å². The van der Waals surface area contributed by atoms with Crippen molar-refractivity contribution in [3.63, 3.8) is 0 Å². The molecule has 0 saturated heterocycles. The van der Waals surface area contributed by atoms with Crippen LogP contribution in [0.4, 0.5) is 0 Å². The summed E-state index contributed by atoms with van der Waals surface area (Å²) in [5, 5.41) is 11.7. The average molecular weight is 269 g/mol. The number of nitrogens with one attached hydrogen (secondary N) is 1. The first-order valence-electron chi connectivity index (χ1n) is 5.73. The maximum absolute atomic E-state index is 12.0. The van der Waals surface area contributed by atoms with Gasteiger partial charge < -0.3 is 10.4 Å². The molecule has 1 aromatic rings. The van der Waals surface area contributed by atoms with Gasteiger partial charge in [0.2, 0.25) is 0 Å². The molecule has 0 saturated carbocycles. The van der Waals surface area contributed by atoms with Crippen LogP contribution in [0.2, 0.25) is 0 Å². The second kappa shape index (κ2) is 5.10. The third-order valence-electron chi connectivity index (χ3n) is 2.78. The van der Waals surface area contributed by atoms with Crippen molar-refractivity contribution in [3.8, 4) is 0 Å². The smallest absolute Gasteiger partial charge is 0.326 e. The summed E-state index contributed by atoms with van der Waals surface area (Å²) >= 11 is 1.38. The van der Waals surface area contributed by atoms with E-state index >= 15 is 0 Å². The molecule has 4 nitrogen and oxygen atoms in total. The van der Waals surface area contributed by atoms with Crippen LogP contribution in [-0.4, -0.2) is 23.0 Å². The third kappa shape index (κ3) is 3.32. The van der Waals surface area contributed by atoms with Crippen LogP contribution >= 0.6 is 11.3 Å². The number of hydrogen-bond donors (Lipinski definition) is 2. The van der Waals surface area contributed by atoms with Crippen molar-refractivity contribution in [1.82, 2.24) is 5.32 Å². The molecule has 1 unspecified atom stereocenters. The van der Waals surface area contributed by atoms with Gasteiger partial charge in [-0.15, -0.1) is 11.3 Å². The van der Waals surface area contributed by atoms with Crippen LogP contribution in [0.5, 0.6) is 0 Å². The number of carboxylic acids is 1. The second-order valence-electron chi connectivity index (χ2n) is 5.46. The van der Waals surface area contributed by atoms with Gasteiger partial charge >= 0.3 is 5.97 Å². The number of hydrogen-bond acceptors (Lipinski definition) is 3. The quantitative estimate of drug-likeness (QED) is 0.886. The minimum absolute atomic E-state index is 0.321. The summed E-state index contributed by atoms with van der Waals surface area (Å²) in [5.74, 6) is -1.33. The highest BCUT2D eigenvalue weighted by Crippen LogP contribution is 2.23. The van der Waals surface area contributed by atoms with E-state index in [0.717, 1.165) is 10.4 Å². The fourth-order valence-electron chi connectivity index (χ4n) is 1.54. The number of aliphatic carboxylic acids is 1. The van der Waals surface area contributed by atoms with Crippen molar-refractivity contribution < 1.29 is 14.7 Å². The molecule has 1 aromatic heterocycles. The summed E-state index contributed by atoms with van der Waals surface area (Å²) in [6.45, 7) is 9.24. The molecule has 0 aliphatic rings. The van der Waals surface area contributed by atoms with Gasteiger partial charge in [0.05, 0.1) is 4.88 Å². The van der Waals surface area contributed by atoms with Crippen molar-refractivity contribution >= 4 is 23.2 Å². The fourth-order valence-corrected chi connectivity index (χ4v) is 2.47. The Balaban J connectivity index is 2.89. The number of rotatable bonds is 3. The van der Waals surface area contributed by atoms with Crippen LogP contribution in [0.15, 0.2) is 6.07 Å². The largest absolute Gasteiger partial charge is 0.480 e. The van der Waals surface area contributed by atoms with Gasteiger partial charge in [-0.1, -0.05) is 20.8 Å². The maximum atomic E-state index is 12.0. The molecule has 0 aromatic carbocycles. The number of aryl methyl sites for hydroxylation is 2. The molecule has 1 amide bonds. The van der Waals surface area contributed by atoms with Gasteiger partial charge in [-0.3, -0.25) is 4.79 Å². The first-order chi connectivity index (χ1) is 8.12. The lowest BCUT2D eigenvalue weighted by Gasteiger charge is -2.27. The van der Waals surface area contributed by atoms with E-state index in [2.05, 4.69) is 5.32 Å². The number of carbonyl (C=O) groups is 2. The van der Waals surface area contributed by atoms with E-state index in [1.54, 1.807) is 26.8 Å². The summed E-state index contributed by atoms with van der Waals surface area (Å²) in [7, 11) is 0. The van der Waals surface area contributed by atoms with Gasteiger partial charge in [-0.25, -0.2) is 4.79 Å². The minimum Gasteiger partial charge on any atom is -0.480 e. The van der Waals surface area contributed by atoms with Gasteiger partial charge in [0, 0.05) is 4.88 Å². The Morgan fingerprint density at radius 1 is 1.33 bits per heavy atom. The minimum atomic E-state index is -1.01. The van der Waals surface area contributed by atoms with Crippen LogP contribution in [0.1, 0.15) is 40.9 Å². The molecular formula is C13H19NO3S. The molecule has 0 radical (unpaired) electrons. The Bertz CT molecular complexity index is 452. The lowest BCUT2D eigenvalue weighted by Crippen LogP contribution is -2.48. The third-order valence-corrected chi connectivity index (χ3v) is 3.93. The van der Waals surface area contributed by atoms with E-state index in [4.69, 9.17) is 5.11 Å². The molecule has 2 N–H and O–H groups in total. The molecule has 1 heterocycles. The lowest BCUT2D eigenvalue weighted by molar-refractivity contribution is -0.142. The zero-order valence-corrected chi connectivity index (χ0v) is 12.1. The number of carbonyl (C=O) groups excluding carboxylic acids is 1. The number of thiophene rings is 1. The second-order valence-corrected chi connectivity index (χ2v) is 6.72. The van der Waals surface area contributed by atoms with Crippen LogP contribution < -0.4 is 5.32 Å². The molecule has 18 heavy (non-hydrogen) atoms. The lowest BCUT2D eigenvalue weighted by atomic mass is 9.87. The molecule has 0 aliphatic carbocycles. The molecule has 100 valence electrons. The molecular weight excluding hydrogens is 250 g/mol. The Kier molecular flexibility index (Phi) is 4.16. The zero-order chi connectivity index (χ0) is 14.1. The Labute approximate surface area is 111 Å². The van der Waals surface area contributed by atoms with Crippen molar-refractivity contribution in [3.05, 3.63) is 21.4 Å². The Morgan fingerprint density at radius 3 is 2.22 bits per heavy atom. The number of amides is 1. The highest BCUT2D eigenvalue weighted by Gasteiger charge is 2.33. The van der Waals surface area contributed by atoms with Crippen molar-refractivity contribution in [2.24, 2.45) is 5.41 Å². The fraction of sp³-hybridized carbons (Fsp3) is 0.538. The summed E-state index contributed by atoms with van der Waals surface area (Å²) < 4.78 is 0. The Morgan fingerprint density at radius 2 is 1.89 bits per heavy atom. The molecule has 5 heteroatoms. The highest BCUT2D eigenvalue weighted by atomic mass is 32.1. The maximum Gasteiger partial charge on any atom is 0.326 e. The van der Waals surface area contributed by atoms with E-state index in [1.165, 1.54) is 11.3 Å². The van der Waals surface area contributed by atoms with Gasteiger partial charge in [0.15, 0.2) is 0 Å². The first kappa shape index (κ1) is 14.7. The van der Waals surface area contributed by atoms with Gasteiger partial charge in [-0.05, 0) is 30.9 Å². The van der Waals surface area contributed by atoms with Gasteiger partial charge in [-0.2, -0.15) is 0 Å². The summed E-state index contributed by atoms with van der Waals surface area (Å²) in [6.07, 6.45) is 0. The highest BCUT2D eigenvalue weighted by molar-refractivity contribution is 7.14. The van der Waals surface area contributed by atoms with Crippen molar-refractivity contribution in [1.29, 1.82) is 0 Å². The summed E-state index contributed by atoms with van der Waals surface area (Å²) in [5.41, 5.74) is 0.524. The predicted molar refractivity (Wildman–Crippen MR) is 72.1 cm³/mol. The topological polar surface area (TPSA) is 66.4 Å². The first-order valence-corrected chi connectivity index (χ1v) is 6.55. The molecule has 1 rings (SSSR count). The SMILES string of the molecule is Cc1cc(C(=O)NC(C(=O)O)C(C)(C)C)sc1C. The average Bonchev–Trinajstić information content (AvgIpc) is 2.53. The zero-order valence-electron chi connectivity index (χ0n) is 11.3. The van der Waals surface area contributed by atoms with E-state index in [9.17, 15) is 9.59 Å². The predicted octanol–water partition coefficient (Wildman–Crippen LogP) is 2.59. The van der Waals surface area contributed by atoms with E-state index in [1.807, 2.05) is 13.8 Å². The van der Waals surface area contributed by atoms with Crippen LogP contribution in [0.3, 0.4) is 0 Å². The monoisotopic (exact) mass is 269 g/mol. The van der Waals surface area contributed by atoms with Gasteiger partial charge in [0.1, 0.15) is 6.04 Å². The van der Waals surface area contributed by atoms with Crippen LogP contribution in [-0.2, 0) is 4.79 Å². The standard InChI is InChI=1S/C13H19NO3S/c1-7-6-9(18-8(7)2)11(15)14-10(12(16)17)13(3,4)5/h6,10H,1-5H3,(H,14,15)(H,16,17).